The van der Waals surface area contributed by atoms with E-state index in [1.54, 1.807) is 6.20 Å². The Morgan fingerprint density at radius 2 is 2.39 bits per heavy atom. The summed E-state index contributed by atoms with van der Waals surface area (Å²) in [5.41, 5.74) is 0.447. The molecule has 0 saturated carbocycles. The van der Waals surface area contributed by atoms with Crippen LogP contribution in [0.15, 0.2) is 42.7 Å². The van der Waals surface area contributed by atoms with Crippen LogP contribution in [0.5, 0.6) is 0 Å². The molecule has 2 aromatic heterocycles. The zero-order chi connectivity index (χ0) is 12.6. The van der Waals surface area contributed by atoms with Crippen molar-refractivity contribution in [1.29, 1.82) is 0 Å². The van der Waals surface area contributed by atoms with Gasteiger partial charge in [-0.2, -0.15) is 0 Å². The van der Waals surface area contributed by atoms with E-state index < -0.39 is 0 Å². The van der Waals surface area contributed by atoms with Gasteiger partial charge in [0.1, 0.15) is 11.5 Å². The van der Waals surface area contributed by atoms with Crippen LogP contribution in [0.2, 0.25) is 0 Å². The van der Waals surface area contributed by atoms with Crippen LogP contribution in [0.1, 0.15) is 19.8 Å². The Bertz CT molecular complexity index is 629. The maximum absolute atomic E-state index is 12.3. The molecular weight excluding hydrogens is 226 g/mol. The van der Waals surface area contributed by atoms with E-state index in [0.29, 0.717) is 0 Å². The summed E-state index contributed by atoms with van der Waals surface area (Å²) in [6, 6.07) is 5.69. The van der Waals surface area contributed by atoms with Gasteiger partial charge in [0.05, 0.1) is 5.41 Å². The number of allylic oxidation sites excluding steroid dienone is 1. The van der Waals surface area contributed by atoms with E-state index in [4.69, 9.17) is 0 Å². The molecule has 1 aliphatic carbocycles. The summed E-state index contributed by atoms with van der Waals surface area (Å²) in [5.74, 6) is 0.800. The van der Waals surface area contributed by atoms with Crippen LogP contribution < -0.4 is 5.32 Å². The summed E-state index contributed by atoms with van der Waals surface area (Å²) in [6.07, 6.45) is 9.48. The summed E-state index contributed by atoms with van der Waals surface area (Å²) < 4.78 is 1.87. The molecule has 0 radical (unpaired) electrons. The van der Waals surface area contributed by atoms with Crippen LogP contribution in [-0.4, -0.2) is 15.3 Å². The highest BCUT2D eigenvalue weighted by Gasteiger charge is 2.32. The summed E-state index contributed by atoms with van der Waals surface area (Å²) in [7, 11) is 0. The Hall–Kier alpha value is -2.10. The molecule has 1 amide bonds. The van der Waals surface area contributed by atoms with E-state index in [0.717, 1.165) is 24.3 Å². The van der Waals surface area contributed by atoms with E-state index in [1.165, 1.54) is 0 Å². The average molecular weight is 241 g/mol. The Morgan fingerprint density at radius 1 is 1.50 bits per heavy atom. The van der Waals surface area contributed by atoms with Crippen molar-refractivity contribution >= 4 is 17.4 Å². The molecule has 4 nitrogen and oxygen atoms in total. The second-order valence-electron chi connectivity index (χ2n) is 4.88. The minimum Gasteiger partial charge on any atom is -0.311 e. The average Bonchev–Trinajstić information content (AvgIpc) is 2.98. The number of carbonyl (C=O) groups excluding carboxylic acids is 1. The Balaban J connectivity index is 1.90. The van der Waals surface area contributed by atoms with Crippen LogP contribution in [0.4, 0.5) is 5.82 Å². The number of carbonyl (C=O) groups is 1. The van der Waals surface area contributed by atoms with Gasteiger partial charge in [-0.3, -0.25) is 9.20 Å². The molecule has 0 spiro atoms. The maximum atomic E-state index is 12.3. The Kier molecular flexibility index (Phi) is 2.44. The van der Waals surface area contributed by atoms with Gasteiger partial charge in [-0.1, -0.05) is 18.2 Å². The highest BCUT2D eigenvalue weighted by molar-refractivity contribution is 5.96. The molecule has 1 N–H and O–H groups in total. The van der Waals surface area contributed by atoms with Crippen molar-refractivity contribution in [3.63, 3.8) is 0 Å². The molecule has 18 heavy (non-hydrogen) atoms. The van der Waals surface area contributed by atoms with Crippen LogP contribution in [0, 0.1) is 5.41 Å². The molecule has 3 rings (SSSR count). The van der Waals surface area contributed by atoms with E-state index in [1.807, 2.05) is 41.8 Å². The topological polar surface area (TPSA) is 46.4 Å². The number of hydrogen-bond donors (Lipinski definition) is 1. The lowest BCUT2D eigenvalue weighted by molar-refractivity contribution is -0.122. The van der Waals surface area contributed by atoms with Crippen molar-refractivity contribution in [2.24, 2.45) is 5.41 Å². The van der Waals surface area contributed by atoms with Gasteiger partial charge in [-0.15, -0.1) is 0 Å². The van der Waals surface area contributed by atoms with Gasteiger partial charge >= 0.3 is 0 Å². The van der Waals surface area contributed by atoms with Crippen molar-refractivity contribution in [2.45, 2.75) is 19.8 Å². The summed E-state index contributed by atoms with van der Waals surface area (Å²) in [6.45, 7) is 1.97. The number of hydrogen-bond acceptors (Lipinski definition) is 2. The van der Waals surface area contributed by atoms with Gasteiger partial charge in [0.25, 0.3) is 0 Å². The fourth-order valence-corrected chi connectivity index (χ4v) is 2.31. The lowest BCUT2D eigenvalue weighted by atomic mass is 9.89. The molecule has 2 aromatic rings. The van der Waals surface area contributed by atoms with Gasteiger partial charge in [0.15, 0.2) is 0 Å². The highest BCUT2D eigenvalue weighted by Crippen LogP contribution is 2.32. The van der Waals surface area contributed by atoms with E-state index in [9.17, 15) is 4.79 Å². The zero-order valence-corrected chi connectivity index (χ0v) is 10.3. The first-order valence-corrected chi connectivity index (χ1v) is 6.10. The van der Waals surface area contributed by atoms with E-state index in [2.05, 4.69) is 16.4 Å². The van der Waals surface area contributed by atoms with Crippen molar-refractivity contribution in [3.05, 3.63) is 42.7 Å². The summed E-state index contributed by atoms with van der Waals surface area (Å²) in [4.78, 5) is 16.5. The molecule has 92 valence electrons. The number of imidazole rings is 1. The van der Waals surface area contributed by atoms with Crippen molar-refractivity contribution < 1.29 is 4.79 Å². The fourth-order valence-electron chi connectivity index (χ4n) is 2.31. The normalized spacial score (nSPS) is 22.5. The molecule has 1 unspecified atom stereocenters. The molecule has 4 heteroatoms. The third-order valence-corrected chi connectivity index (χ3v) is 3.50. The van der Waals surface area contributed by atoms with Crippen molar-refractivity contribution in [3.8, 4) is 0 Å². The maximum Gasteiger partial charge on any atom is 0.235 e. The molecule has 0 bridgehead atoms. The van der Waals surface area contributed by atoms with Crippen LogP contribution >= 0.6 is 0 Å². The van der Waals surface area contributed by atoms with Gasteiger partial charge in [0, 0.05) is 12.4 Å². The van der Waals surface area contributed by atoms with Crippen molar-refractivity contribution in [2.75, 3.05) is 5.32 Å². The number of anilines is 1. The second kappa shape index (κ2) is 3.98. The standard InChI is InChI=1S/C14H15N3O/c1-14(7-2-3-8-14)13(18)16-12-6-4-5-11-15-9-10-17(11)12/h2,4-7,9-10H,3,8H2,1H3,(H,16,18). The van der Waals surface area contributed by atoms with Crippen LogP contribution in [0.25, 0.3) is 5.65 Å². The van der Waals surface area contributed by atoms with Gasteiger partial charge in [-0.25, -0.2) is 4.98 Å². The SMILES string of the molecule is CC1(C(=O)Nc2cccc3nccn23)C=CCC1. The second-order valence-corrected chi connectivity index (χ2v) is 4.88. The molecular formula is C14H15N3O. The first kappa shape index (κ1) is 11.0. The third kappa shape index (κ3) is 1.70. The van der Waals surface area contributed by atoms with Crippen molar-refractivity contribution in [1.82, 2.24) is 9.38 Å². The molecule has 0 aromatic carbocycles. The van der Waals surface area contributed by atoms with Gasteiger partial charge < -0.3 is 5.32 Å². The number of amides is 1. The van der Waals surface area contributed by atoms with Gasteiger partial charge in [0.2, 0.25) is 5.91 Å². The quantitative estimate of drug-likeness (QED) is 0.821. The third-order valence-electron chi connectivity index (χ3n) is 3.50. The van der Waals surface area contributed by atoms with Crippen LogP contribution in [-0.2, 0) is 4.79 Å². The zero-order valence-electron chi connectivity index (χ0n) is 10.3. The summed E-state index contributed by atoms with van der Waals surface area (Å²) in [5, 5.41) is 2.99. The number of nitrogens with zero attached hydrogens (tertiary/aromatic N) is 2. The molecule has 0 fully saturated rings. The minimum absolute atomic E-state index is 0.0393. The number of aromatic nitrogens is 2. The number of pyridine rings is 1. The highest BCUT2D eigenvalue weighted by atomic mass is 16.2. The molecule has 2 heterocycles. The first-order valence-electron chi connectivity index (χ1n) is 6.10. The molecule has 1 atom stereocenters. The smallest absolute Gasteiger partial charge is 0.235 e. The number of rotatable bonds is 2. The number of nitrogens with one attached hydrogen (secondary N) is 1. The van der Waals surface area contributed by atoms with Gasteiger partial charge in [-0.05, 0) is 31.9 Å². The Labute approximate surface area is 105 Å². The van der Waals surface area contributed by atoms with E-state index >= 15 is 0 Å². The molecule has 1 aliphatic rings. The fraction of sp³-hybridized carbons (Fsp3) is 0.286. The number of fused-ring (bicyclic) bond motifs is 1. The Morgan fingerprint density at radius 3 is 3.17 bits per heavy atom. The minimum atomic E-state index is -0.386. The summed E-state index contributed by atoms with van der Waals surface area (Å²) >= 11 is 0. The first-order chi connectivity index (χ1) is 8.69. The molecule has 0 saturated heterocycles. The monoisotopic (exact) mass is 241 g/mol. The largest absolute Gasteiger partial charge is 0.311 e. The lowest BCUT2D eigenvalue weighted by Gasteiger charge is -2.21. The molecule has 0 aliphatic heterocycles. The predicted octanol–water partition coefficient (Wildman–Crippen LogP) is 2.63. The van der Waals surface area contributed by atoms with E-state index in [-0.39, 0.29) is 11.3 Å². The van der Waals surface area contributed by atoms with Crippen LogP contribution in [0.3, 0.4) is 0 Å². The lowest BCUT2D eigenvalue weighted by Crippen LogP contribution is -2.30. The predicted molar refractivity (Wildman–Crippen MR) is 70.3 cm³/mol.